The minimum Gasteiger partial charge on any atom is -1.00 e. The number of carbonyl (C=O) groups excluding carboxylic acids is 1. The Kier molecular flexibility index (Phi) is 6.21. The molecule has 1 amide bonds. The smallest absolute Gasteiger partial charge is 0.416 e. The number of para-hydroxylation sites is 1. The molecule has 0 aromatic heterocycles. The minimum atomic E-state index is -0.410. The fourth-order valence-corrected chi connectivity index (χ4v) is 2.27. The van der Waals surface area contributed by atoms with Crippen LogP contribution in [0.3, 0.4) is 0 Å². The number of hydrogen-bond donors (Lipinski definition) is 0. The van der Waals surface area contributed by atoms with Crippen molar-refractivity contribution in [2.45, 2.75) is 6.54 Å². The monoisotopic (exact) mass is 325 g/mol. The fourth-order valence-electron chi connectivity index (χ4n) is 2.11. The number of hydrogen-bond acceptors (Lipinski definition) is 2. The first-order valence-corrected chi connectivity index (χ1v) is 6.68. The van der Waals surface area contributed by atoms with Crippen LogP contribution >= 0.6 is 11.6 Å². The lowest BCUT2D eigenvalue weighted by Crippen LogP contribution is -3.00. The van der Waals surface area contributed by atoms with Gasteiger partial charge in [0.15, 0.2) is 0 Å². The molecule has 0 fully saturated rings. The number of methoxy groups -OCH3 is 1. The van der Waals surface area contributed by atoms with Gasteiger partial charge in [0.1, 0.15) is 18.0 Å². The van der Waals surface area contributed by atoms with Gasteiger partial charge in [-0.2, -0.15) is 0 Å². The largest absolute Gasteiger partial charge is 1.00 e. The lowest BCUT2D eigenvalue weighted by atomic mass is 10.1. The van der Waals surface area contributed by atoms with Gasteiger partial charge in [-0.3, -0.25) is 0 Å². The van der Waals surface area contributed by atoms with Crippen molar-refractivity contribution in [2.75, 3.05) is 14.2 Å². The van der Waals surface area contributed by atoms with E-state index in [4.69, 9.17) is 16.3 Å². The van der Waals surface area contributed by atoms with Crippen LogP contribution in [0.4, 0.5) is 10.5 Å². The lowest BCUT2D eigenvalue weighted by Gasteiger charge is -2.28. The first-order chi connectivity index (χ1) is 9.56. The summed E-state index contributed by atoms with van der Waals surface area (Å²) in [5.74, 6) is 0.792. The zero-order chi connectivity index (χ0) is 14.6. The van der Waals surface area contributed by atoms with Gasteiger partial charge in [0.2, 0.25) is 0 Å². The molecule has 1 unspecified atom stereocenters. The Labute approximate surface area is 136 Å². The van der Waals surface area contributed by atoms with E-state index in [-0.39, 0.29) is 16.9 Å². The summed E-state index contributed by atoms with van der Waals surface area (Å²) in [5.41, 5.74) is 1.88. The van der Waals surface area contributed by atoms with E-state index in [0.717, 1.165) is 17.0 Å². The van der Waals surface area contributed by atoms with Crippen molar-refractivity contribution in [3.05, 3.63) is 60.2 Å². The quantitative estimate of drug-likeness (QED) is 0.479. The summed E-state index contributed by atoms with van der Waals surface area (Å²) in [6, 6.07) is 17.2. The van der Waals surface area contributed by atoms with Gasteiger partial charge < -0.3 is 17.1 Å². The summed E-state index contributed by atoms with van der Waals surface area (Å²) in [5, 5.41) is -0.410. The van der Waals surface area contributed by atoms with Gasteiger partial charge in [0.05, 0.1) is 14.2 Å². The zero-order valence-electron chi connectivity index (χ0n) is 11.9. The molecule has 0 saturated carbocycles. The second kappa shape index (κ2) is 7.46. The molecule has 3 nitrogen and oxygen atoms in total. The molecule has 21 heavy (non-hydrogen) atoms. The summed E-state index contributed by atoms with van der Waals surface area (Å²) in [7, 11) is 3.44. The number of amides is 1. The molecule has 112 valence electrons. The maximum Gasteiger partial charge on any atom is 0.416 e. The Morgan fingerprint density at radius 1 is 1.10 bits per heavy atom. The molecule has 5 heteroatoms. The summed E-state index contributed by atoms with van der Waals surface area (Å²) >= 11 is 5.84. The number of carbonyl (C=O) groups is 1. The minimum absolute atomic E-state index is 0. The average molecular weight is 326 g/mol. The predicted octanol–water partition coefficient (Wildman–Crippen LogP) is 1.20. The fraction of sp³-hybridized carbons (Fsp3) is 0.188. The molecule has 0 N–H and O–H groups in total. The van der Waals surface area contributed by atoms with Crippen LogP contribution in [0.15, 0.2) is 54.6 Å². The van der Waals surface area contributed by atoms with Gasteiger partial charge in [-0.25, -0.2) is 9.28 Å². The molecular formula is C16H17Cl2NO2. The highest BCUT2D eigenvalue weighted by atomic mass is 35.5. The molecule has 0 spiro atoms. The lowest BCUT2D eigenvalue weighted by molar-refractivity contribution is -0.00000697. The van der Waals surface area contributed by atoms with E-state index in [0.29, 0.717) is 6.54 Å². The first-order valence-electron chi connectivity index (χ1n) is 6.30. The van der Waals surface area contributed by atoms with E-state index >= 15 is 0 Å². The molecule has 0 saturated heterocycles. The Hall–Kier alpha value is -1.55. The summed E-state index contributed by atoms with van der Waals surface area (Å²) in [6.07, 6.45) is 0. The van der Waals surface area contributed by atoms with Crippen molar-refractivity contribution in [3.8, 4) is 5.75 Å². The number of ether oxygens (including phenoxy) is 1. The van der Waals surface area contributed by atoms with Crippen molar-refractivity contribution in [2.24, 2.45) is 0 Å². The second-order valence-electron chi connectivity index (χ2n) is 4.79. The molecule has 2 aromatic carbocycles. The highest BCUT2D eigenvalue weighted by molar-refractivity contribution is 6.64. The molecule has 0 radical (unpaired) electrons. The average Bonchev–Trinajstić information content (AvgIpc) is 2.48. The van der Waals surface area contributed by atoms with Crippen molar-refractivity contribution in [3.63, 3.8) is 0 Å². The highest BCUT2D eigenvalue weighted by Gasteiger charge is 2.33. The van der Waals surface area contributed by atoms with Crippen LogP contribution in [0.25, 0.3) is 0 Å². The molecular weight excluding hydrogens is 309 g/mol. The third-order valence-electron chi connectivity index (χ3n) is 3.37. The number of nitrogens with zero attached hydrogens (tertiary/aromatic N) is 1. The highest BCUT2D eigenvalue weighted by Crippen LogP contribution is 2.26. The summed E-state index contributed by atoms with van der Waals surface area (Å²) in [4.78, 5) is 11.9. The number of benzene rings is 2. The van der Waals surface area contributed by atoms with E-state index in [2.05, 4.69) is 0 Å². The molecule has 2 rings (SSSR count). The molecule has 0 bridgehead atoms. The van der Waals surface area contributed by atoms with Gasteiger partial charge in [0.25, 0.3) is 0 Å². The van der Waals surface area contributed by atoms with Crippen LogP contribution in [0.5, 0.6) is 5.75 Å². The van der Waals surface area contributed by atoms with Crippen LogP contribution in [-0.2, 0) is 6.54 Å². The zero-order valence-corrected chi connectivity index (χ0v) is 13.4. The Morgan fingerprint density at radius 2 is 1.67 bits per heavy atom. The Morgan fingerprint density at radius 3 is 2.14 bits per heavy atom. The van der Waals surface area contributed by atoms with E-state index in [1.165, 1.54) is 0 Å². The maximum absolute atomic E-state index is 11.9. The van der Waals surface area contributed by atoms with Crippen molar-refractivity contribution < 1.29 is 21.9 Å². The van der Waals surface area contributed by atoms with Gasteiger partial charge in [-0.1, -0.05) is 18.2 Å². The van der Waals surface area contributed by atoms with Gasteiger partial charge in [0, 0.05) is 17.2 Å². The predicted molar refractivity (Wildman–Crippen MR) is 82.1 cm³/mol. The van der Waals surface area contributed by atoms with Crippen LogP contribution in [-0.4, -0.2) is 19.5 Å². The molecule has 0 aliphatic rings. The van der Waals surface area contributed by atoms with Crippen LogP contribution < -0.4 is 21.6 Å². The molecule has 1 atom stereocenters. The number of rotatable bonds is 4. The van der Waals surface area contributed by atoms with Crippen molar-refractivity contribution in [1.82, 2.24) is 4.48 Å². The van der Waals surface area contributed by atoms with E-state index in [9.17, 15) is 4.79 Å². The topological polar surface area (TPSA) is 26.3 Å². The molecule has 0 heterocycles. The summed E-state index contributed by atoms with van der Waals surface area (Å²) in [6.45, 7) is 0.496. The first kappa shape index (κ1) is 17.5. The van der Waals surface area contributed by atoms with Crippen molar-refractivity contribution in [1.29, 1.82) is 0 Å². The van der Waals surface area contributed by atoms with E-state index in [1.807, 2.05) is 61.6 Å². The molecule has 2 aromatic rings. The van der Waals surface area contributed by atoms with E-state index < -0.39 is 5.37 Å². The number of quaternary nitrogens is 1. The van der Waals surface area contributed by atoms with Gasteiger partial charge in [-0.05, 0) is 36.4 Å². The molecule has 0 aliphatic heterocycles. The number of halogens is 2. The van der Waals surface area contributed by atoms with Gasteiger partial charge >= 0.3 is 5.37 Å². The Balaban J connectivity index is 0.00000220. The Bertz CT molecular complexity index is 587. The van der Waals surface area contributed by atoms with Gasteiger partial charge in [-0.15, -0.1) is 0 Å². The van der Waals surface area contributed by atoms with E-state index in [1.54, 1.807) is 7.11 Å². The summed E-state index contributed by atoms with van der Waals surface area (Å²) < 4.78 is 5.16. The normalized spacial score (nSPS) is 12.9. The van der Waals surface area contributed by atoms with Crippen LogP contribution in [0, 0.1) is 0 Å². The van der Waals surface area contributed by atoms with Crippen LogP contribution in [0.2, 0.25) is 0 Å². The molecule has 0 aliphatic carbocycles. The SMILES string of the molecule is COc1ccc(C[N+](C)(C(=O)Cl)c2ccccc2)cc1.[Cl-]. The third-order valence-corrected chi connectivity index (χ3v) is 3.75. The van der Waals surface area contributed by atoms with Crippen molar-refractivity contribution >= 4 is 22.7 Å². The maximum atomic E-state index is 11.9. The van der Waals surface area contributed by atoms with Crippen LogP contribution in [0.1, 0.15) is 5.56 Å². The third kappa shape index (κ3) is 3.97. The second-order valence-corrected chi connectivity index (χ2v) is 5.11. The standard InChI is InChI=1S/C16H17ClNO2.ClH/c1-18(16(17)19,14-6-4-3-5-7-14)12-13-8-10-15(20-2)11-9-13;/h3-11H,12H2,1-2H3;1H/q+1;/p-1.